The molecule has 5 fully saturated rings. The van der Waals surface area contributed by atoms with Crippen LogP contribution < -0.4 is 15.4 Å². The standard InChI is InChI=1S/C22H27Br2FN4O4S/c23-16-6-15(25)7-17(24)20(16)29-3-1-2-28(34(29,32)33)11-18(30)27-19-13-4-12-5-14(19)10-22(8-12,9-13)21(26)31/h6-7,12-14,19H,1-5,8-11H2,(H2,26,31)(H,27,30). The van der Waals surface area contributed by atoms with Crippen LogP contribution >= 0.6 is 31.9 Å². The van der Waals surface area contributed by atoms with E-state index in [1.165, 1.54) is 20.7 Å². The number of anilines is 1. The highest BCUT2D eigenvalue weighted by molar-refractivity contribution is 9.11. The van der Waals surface area contributed by atoms with E-state index < -0.39 is 21.4 Å². The van der Waals surface area contributed by atoms with Crippen molar-refractivity contribution in [2.75, 3.05) is 23.9 Å². The number of hydrogen-bond donors (Lipinski definition) is 2. The first-order chi connectivity index (χ1) is 16.0. The number of rotatable bonds is 5. The summed E-state index contributed by atoms with van der Waals surface area (Å²) < 4.78 is 43.5. The van der Waals surface area contributed by atoms with E-state index in [1.807, 2.05) is 0 Å². The minimum Gasteiger partial charge on any atom is -0.369 e. The highest BCUT2D eigenvalue weighted by Gasteiger charge is 2.58. The fourth-order valence-electron chi connectivity index (χ4n) is 6.87. The van der Waals surface area contributed by atoms with Gasteiger partial charge in [0.2, 0.25) is 11.8 Å². The number of nitrogens with one attached hydrogen (secondary N) is 1. The van der Waals surface area contributed by atoms with Crippen LogP contribution in [0, 0.1) is 29.0 Å². The van der Waals surface area contributed by atoms with Crippen molar-refractivity contribution < 1.29 is 22.4 Å². The van der Waals surface area contributed by atoms with Gasteiger partial charge in [-0.15, -0.1) is 0 Å². The average molecular weight is 622 g/mol. The lowest BCUT2D eigenvalue weighted by atomic mass is 9.47. The minimum absolute atomic E-state index is 0.0551. The van der Waals surface area contributed by atoms with Crippen LogP contribution in [0.25, 0.3) is 0 Å². The molecule has 1 aliphatic heterocycles. The number of nitrogens with two attached hydrogens (primary N) is 1. The molecule has 186 valence electrons. The average Bonchev–Trinajstić information content (AvgIpc) is 2.72. The number of amides is 2. The van der Waals surface area contributed by atoms with Crippen LogP contribution in [0.1, 0.15) is 38.5 Å². The molecule has 34 heavy (non-hydrogen) atoms. The summed E-state index contributed by atoms with van der Waals surface area (Å²) in [5, 5.41) is 3.10. The SMILES string of the molecule is NC(=O)C12CC3CC(C1)C(NC(=O)CN1CCCN(c4c(Br)cc(F)cc4Br)S1(=O)=O)C(C3)C2. The molecule has 8 nitrogen and oxygen atoms in total. The second-order valence-corrected chi connectivity index (χ2v) is 13.8. The van der Waals surface area contributed by atoms with Crippen molar-refractivity contribution in [3.63, 3.8) is 0 Å². The molecule has 1 heterocycles. The van der Waals surface area contributed by atoms with Gasteiger partial charge in [0.1, 0.15) is 5.82 Å². The Balaban J connectivity index is 1.30. The first kappa shape index (κ1) is 24.5. The van der Waals surface area contributed by atoms with E-state index in [4.69, 9.17) is 5.73 Å². The van der Waals surface area contributed by atoms with Crippen molar-refractivity contribution in [3.8, 4) is 0 Å². The normalized spacial score (nSPS) is 34.3. The van der Waals surface area contributed by atoms with Crippen molar-refractivity contribution in [2.45, 2.75) is 44.6 Å². The number of hydrogen-bond acceptors (Lipinski definition) is 4. The summed E-state index contributed by atoms with van der Waals surface area (Å²) in [4.78, 5) is 25.2. The van der Waals surface area contributed by atoms with Crippen LogP contribution in [-0.4, -0.2) is 50.2 Å². The molecule has 0 aromatic heterocycles. The number of carbonyl (C=O) groups excluding carboxylic acids is 2. The molecule has 4 aliphatic carbocycles. The maximum Gasteiger partial charge on any atom is 0.304 e. The van der Waals surface area contributed by atoms with Gasteiger partial charge >= 0.3 is 10.2 Å². The Morgan fingerprint density at radius 3 is 2.32 bits per heavy atom. The molecule has 12 heteroatoms. The van der Waals surface area contributed by atoms with E-state index >= 15 is 0 Å². The minimum atomic E-state index is -3.99. The first-order valence-electron chi connectivity index (χ1n) is 11.5. The van der Waals surface area contributed by atoms with E-state index in [-0.39, 0.29) is 49.3 Å². The van der Waals surface area contributed by atoms with Crippen LogP contribution in [0.3, 0.4) is 0 Å². The summed E-state index contributed by atoms with van der Waals surface area (Å²) in [7, 11) is -3.99. The Kier molecular flexibility index (Phi) is 6.26. The molecule has 0 spiro atoms. The predicted molar refractivity (Wildman–Crippen MR) is 131 cm³/mol. The van der Waals surface area contributed by atoms with Gasteiger partial charge < -0.3 is 11.1 Å². The van der Waals surface area contributed by atoms with Crippen molar-refractivity contribution in [1.29, 1.82) is 0 Å². The highest BCUT2D eigenvalue weighted by atomic mass is 79.9. The second-order valence-electron chi connectivity index (χ2n) is 10.2. The van der Waals surface area contributed by atoms with Crippen molar-refractivity contribution in [3.05, 3.63) is 26.9 Å². The lowest BCUT2D eigenvalue weighted by Gasteiger charge is -2.58. The maximum absolute atomic E-state index is 13.7. The summed E-state index contributed by atoms with van der Waals surface area (Å²) in [5.41, 5.74) is 5.62. The van der Waals surface area contributed by atoms with Gasteiger partial charge in [-0.2, -0.15) is 12.7 Å². The van der Waals surface area contributed by atoms with Crippen LogP contribution in [-0.2, 0) is 19.8 Å². The van der Waals surface area contributed by atoms with Gasteiger partial charge in [-0.1, -0.05) is 0 Å². The summed E-state index contributed by atoms with van der Waals surface area (Å²) >= 11 is 6.53. The summed E-state index contributed by atoms with van der Waals surface area (Å²) in [5.74, 6) is -0.196. The summed E-state index contributed by atoms with van der Waals surface area (Å²) in [6, 6.07) is 2.37. The molecule has 2 unspecified atom stereocenters. The summed E-state index contributed by atoms with van der Waals surface area (Å²) in [6.07, 6.45) is 4.72. The Morgan fingerprint density at radius 1 is 1.12 bits per heavy atom. The van der Waals surface area contributed by atoms with Gasteiger partial charge in [0.25, 0.3) is 0 Å². The molecule has 4 bridgehead atoms. The van der Waals surface area contributed by atoms with E-state index in [0.29, 0.717) is 39.8 Å². The third-order valence-corrected chi connectivity index (χ3v) is 11.1. The van der Waals surface area contributed by atoms with Crippen LogP contribution in [0.15, 0.2) is 21.1 Å². The molecular weight excluding hydrogens is 595 g/mol. The molecule has 2 amide bonds. The Labute approximate surface area is 215 Å². The van der Waals surface area contributed by atoms with Gasteiger partial charge in [0.15, 0.2) is 0 Å². The highest BCUT2D eigenvalue weighted by Crippen LogP contribution is 2.59. The molecule has 1 saturated heterocycles. The lowest BCUT2D eigenvalue weighted by Crippen LogP contribution is -2.63. The van der Waals surface area contributed by atoms with Crippen molar-refractivity contribution >= 4 is 59.6 Å². The molecular formula is C22H27Br2FN4O4S. The van der Waals surface area contributed by atoms with E-state index in [9.17, 15) is 22.4 Å². The fourth-order valence-corrected chi connectivity index (χ4v) is 10.4. The third kappa shape index (κ3) is 4.08. The van der Waals surface area contributed by atoms with E-state index in [2.05, 4.69) is 37.2 Å². The zero-order chi connectivity index (χ0) is 24.4. The van der Waals surface area contributed by atoms with Gasteiger partial charge in [0.05, 0.1) is 12.2 Å². The Morgan fingerprint density at radius 2 is 1.74 bits per heavy atom. The van der Waals surface area contributed by atoms with Crippen LogP contribution in [0.5, 0.6) is 0 Å². The quantitative estimate of drug-likeness (QED) is 0.526. The second kappa shape index (κ2) is 8.70. The van der Waals surface area contributed by atoms with Crippen molar-refractivity contribution in [1.82, 2.24) is 9.62 Å². The number of nitrogens with zero attached hydrogens (tertiary/aromatic N) is 2. The molecule has 0 radical (unpaired) electrons. The van der Waals surface area contributed by atoms with Crippen LogP contribution in [0.2, 0.25) is 0 Å². The molecule has 5 aliphatic rings. The van der Waals surface area contributed by atoms with Crippen molar-refractivity contribution in [2.24, 2.45) is 28.9 Å². The topological polar surface area (TPSA) is 113 Å². The molecule has 1 aromatic rings. The molecule has 6 rings (SSSR count). The number of primary amides is 1. The van der Waals surface area contributed by atoms with E-state index in [1.54, 1.807) is 0 Å². The first-order valence-corrected chi connectivity index (χ1v) is 14.5. The smallest absolute Gasteiger partial charge is 0.304 e. The zero-order valence-electron chi connectivity index (χ0n) is 18.5. The molecule has 3 N–H and O–H groups in total. The number of halogens is 3. The van der Waals surface area contributed by atoms with Gasteiger partial charge in [-0.3, -0.25) is 13.9 Å². The summed E-state index contributed by atoms with van der Waals surface area (Å²) in [6.45, 7) is 0.176. The van der Waals surface area contributed by atoms with E-state index in [0.717, 1.165) is 19.3 Å². The predicted octanol–water partition coefficient (Wildman–Crippen LogP) is 2.90. The van der Waals surface area contributed by atoms with Gasteiger partial charge in [0, 0.05) is 33.5 Å². The lowest BCUT2D eigenvalue weighted by molar-refractivity contribution is -0.147. The van der Waals surface area contributed by atoms with Gasteiger partial charge in [-0.05, 0) is 100 Å². The molecule has 4 saturated carbocycles. The third-order valence-electron chi connectivity index (χ3n) is 8.05. The Bertz CT molecular complexity index is 1110. The van der Waals surface area contributed by atoms with Crippen LogP contribution in [0.4, 0.5) is 10.1 Å². The maximum atomic E-state index is 13.7. The molecule has 1 aromatic carbocycles. The monoisotopic (exact) mass is 620 g/mol. The molecule has 2 atom stereocenters. The zero-order valence-corrected chi connectivity index (χ0v) is 22.5. The fraction of sp³-hybridized carbons (Fsp3) is 0.636. The van der Waals surface area contributed by atoms with Gasteiger partial charge in [-0.25, -0.2) is 4.39 Å². The number of benzene rings is 1. The largest absolute Gasteiger partial charge is 0.369 e. The Hall–Kier alpha value is -1.24. The number of carbonyl (C=O) groups is 2.